The van der Waals surface area contributed by atoms with E-state index in [1.54, 1.807) is 19.1 Å². The number of hydrogen-bond acceptors (Lipinski definition) is 4. The molecule has 2 aromatic rings. The molecule has 0 bridgehead atoms. The van der Waals surface area contributed by atoms with Crippen molar-refractivity contribution in [3.05, 3.63) is 60.2 Å². The monoisotopic (exact) mass is 443 g/mol. The Bertz CT molecular complexity index is 1020. The molecule has 1 saturated heterocycles. The third kappa shape index (κ3) is 5.51. The average Bonchev–Trinajstić information content (AvgIpc) is 2.78. The summed E-state index contributed by atoms with van der Waals surface area (Å²) in [6.45, 7) is 4.48. The largest absolute Gasteiger partial charge is 0.352 e. The minimum atomic E-state index is -3.74. The second-order valence-corrected chi connectivity index (χ2v) is 10.0. The summed E-state index contributed by atoms with van der Waals surface area (Å²) in [5, 5.41) is 5.66. The molecule has 0 aliphatic carbocycles. The van der Waals surface area contributed by atoms with E-state index in [0.29, 0.717) is 38.0 Å². The van der Waals surface area contributed by atoms with Crippen LogP contribution in [0, 0.1) is 5.41 Å². The smallest absolute Gasteiger partial charge is 0.243 e. The number of rotatable bonds is 7. The maximum atomic E-state index is 13.2. The molecule has 0 aromatic heterocycles. The van der Waals surface area contributed by atoms with Gasteiger partial charge in [0, 0.05) is 31.7 Å². The average molecular weight is 444 g/mol. The van der Waals surface area contributed by atoms with Gasteiger partial charge >= 0.3 is 0 Å². The summed E-state index contributed by atoms with van der Waals surface area (Å²) in [7, 11) is -3.74. The van der Waals surface area contributed by atoms with Gasteiger partial charge in [0.2, 0.25) is 21.8 Å². The Kier molecular flexibility index (Phi) is 7.12. The minimum absolute atomic E-state index is 0.129. The van der Waals surface area contributed by atoms with E-state index in [0.717, 1.165) is 5.56 Å². The predicted octanol–water partition coefficient (Wildman–Crippen LogP) is 3.14. The predicted molar refractivity (Wildman–Crippen MR) is 120 cm³/mol. The number of hydrogen-bond donors (Lipinski definition) is 2. The summed E-state index contributed by atoms with van der Waals surface area (Å²) >= 11 is 0. The lowest BCUT2D eigenvalue weighted by molar-refractivity contribution is -0.132. The Morgan fingerprint density at radius 1 is 1.06 bits per heavy atom. The van der Waals surface area contributed by atoms with Crippen LogP contribution in [0.5, 0.6) is 0 Å². The zero-order valence-electron chi connectivity index (χ0n) is 17.9. The van der Waals surface area contributed by atoms with E-state index >= 15 is 0 Å². The van der Waals surface area contributed by atoms with Crippen molar-refractivity contribution in [1.82, 2.24) is 9.62 Å². The zero-order chi connectivity index (χ0) is 22.5. The zero-order valence-corrected chi connectivity index (χ0v) is 18.7. The van der Waals surface area contributed by atoms with E-state index in [1.807, 2.05) is 37.3 Å². The van der Waals surface area contributed by atoms with E-state index in [4.69, 9.17) is 0 Å². The highest BCUT2D eigenvalue weighted by molar-refractivity contribution is 7.89. The number of amides is 2. The summed E-state index contributed by atoms with van der Waals surface area (Å²) in [6, 6.07) is 15.8. The molecule has 1 aliphatic heterocycles. The van der Waals surface area contributed by atoms with Gasteiger partial charge in [-0.25, -0.2) is 8.42 Å². The quantitative estimate of drug-likeness (QED) is 0.687. The van der Waals surface area contributed by atoms with E-state index < -0.39 is 15.4 Å². The van der Waals surface area contributed by atoms with E-state index in [9.17, 15) is 18.0 Å². The first-order valence-electron chi connectivity index (χ1n) is 10.5. The molecule has 2 N–H and O–H groups in total. The molecule has 1 heterocycles. The van der Waals surface area contributed by atoms with Gasteiger partial charge < -0.3 is 10.6 Å². The number of piperidine rings is 1. The van der Waals surface area contributed by atoms with Crippen LogP contribution < -0.4 is 10.6 Å². The molecule has 3 rings (SSSR count). The van der Waals surface area contributed by atoms with Crippen molar-refractivity contribution >= 4 is 27.5 Å². The van der Waals surface area contributed by atoms with Crippen LogP contribution in [0.15, 0.2) is 59.5 Å². The molecule has 2 amide bonds. The molecule has 31 heavy (non-hydrogen) atoms. The van der Waals surface area contributed by atoms with Gasteiger partial charge in [-0.15, -0.1) is 0 Å². The van der Waals surface area contributed by atoms with Crippen LogP contribution in [0.1, 0.15) is 38.7 Å². The van der Waals surface area contributed by atoms with Gasteiger partial charge in [-0.3, -0.25) is 9.59 Å². The Labute approximate surface area is 183 Å². The molecule has 1 fully saturated rings. The van der Waals surface area contributed by atoms with Gasteiger partial charge in [-0.05, 0) is 49.6 Å². The highest BCUT2D eigenvalue weighted by Crippen LogP contribution is 2.33. The van der Waals surface area contributed by atoms with Crippen LogP contribution in [0.3, 0.4) is 0 Å². The van der Waals surface area contributed by atoms with E-state index in [-0.39, 0.29) is 23.3 Å². The highest BCUT2D eigenvalue weighted by Gasteiger charge is 2.41. The molecular formula is C23H29N3O4S. The number of benzene rings is 2. The number of nitrogens with zero attached hydrogens (tertiary/aromatic N) is 1. The van der Waals surface area contributed by atoms with Crippen molar-refractivity contribution in [2.45, 2.75) is 44.6 Å². The molecule has 166 valence electrons. The molecule has 0 spiro atoms. The summed E-state index contributed by atoms with van der Waals surface area (Å²) in [5.74, 6) is -0.280. The molecule has 1 atom stereocenters. The van der Waals surface area contributed by atoms with Crippen LogP contribution in [0.25, 0.3) is 0 Å². The summed E-state index contributed by atoms with van der Waals surface area (Å²) in [5.41, 5.74) is 0.749. The Morgan fingerprint density at radius 2 is 1.74 bits per heavy atom. The lowest BCUT2D eigenvalue weighted by Gasteiger charge is -2.38. The first-order valence-corrected chi connectivity index (χ1v) is 11.9. The maximum Gasteiger partial charge on any atom is 0.243 e. The van der Waals surface area contributed by atoms with Gasteiger partial charge in [0.25, 0.3) is 0 Å². The van der Waals surface area contributed by atoms with Crippen LogP contribution in [-0.2, 0) is 26.2 Å². The van der Waals surface area contributed by atoms with Crippen molar-refractivity contribution in [3.8, 4) is 0 Å². The van der Waals surface area contributed by atoms with Gasteiger partial charge in [-0.1, -0.05) is 37.3 Å². The third-order valence-electron chi connectivity index (χ3n) is 5.60. The number of carbonyl (C=O) groups excluding carboxylic acids is 2. The van der Waals surface area contributed by atoms with E-state index in [1.165, 1.54) is 16.4 Å². The van der Waals surface area contributed by atoms with Crippen molar-refractivity contribution < 1.29 is 18.0 Å². The van der Waals surface area contributed by atoms with Gasteiger partial charge in [0.05, 0.1) is 10.3 Å². The Balaban J connectivity index is 1.69. The van der Waals surface area contributed by atoms with Crippen LogP contribution in [0.2, 0.25) is 0 Å². The number of sulfonamides is 1. The van der Waals surface area contributed by atoms with Crippen molar-refractivity contribution in [1.29, 1.82) is 0 Å². The standard InChI is InChI=1S/C23H29N3O4S/c1-3-21(27)25-19-10-12-20(13-11-19)31(29,30)26-15-7-14-23(2,17-26)22(28)24-16-18-8-5-4-6-9-18/h4-6,8-13H,3,7,14-17H2,1-2H3,(H,24,28)(H,25,27)/t23-/m1/s1. The normalized spacial score (nSPS) is 19.5. The molecule has 7 nitrogen and oxygen atoms in total. The fraction of sp³-hybridized carbons (Fsp3) is 0.391. The lowest BCUT2D eigenvalue weighted by atomic mass is 9.82. The van der Waals surface area contributed by atoms with Crippen LogP contribution in [0.4, 0.5) is 5.69 Å². The molecule has 0 unspecified atom stereocenters. The van der Waals surface area contributed by atoms with Crippen molar-refractivity contribution in [2.24, 2.45) is 5.41 Å². The molecular weight excluding hydrogens is 414 g/mol. The number of anilines is 1. The maximum absolute atomic E-state index is 13.2. The molecule has 8 heteroatoms. The molecule has 1 aliphatic rings. The molecule has 0 saturated carbocycles. The highest BCUT2D eigenvalue weighted by atomic mass is 32.2. The first kappa shape index (κ1) is 23.0. The Hall–Kier alpha value is -2.71. The Morgan fingerprint density at radius 3 is 2.39 bits per heavy atom. The van der Waals surface area contributed by atoms with Crippen molar-refractivity contribution in [3.63, 3.8) is 0 Å². The van der Waals surface area contributed by atoms with Gasteiger partial charge in [-0.2, -0.15) is 4.31 Å². The van der Waals surface area contributed by atoms with Gasteiger partial charge in [0.1, 0.15) is 0 Å². The fourth-order valence-electron chi connectivity index (χ4n) is 3.68. The van der Waals surface area contributed by atoms with Crippen LogP contribution >= 0.6 is 0 Å². The second-order valence-electron chi connectivity index (χ2n) is 8.10. The lowest BCUT2D eigenvalue weighted by Crippen LogP contribution is -2.51. The number of carbonyl (C=O) groups is 2. The minimum Gasteiger partial charge on any atom is -0.352 e. The summed E-state index contributed by atoms with van der Waals surface area (Å²) in [4.78, 5) is 24.6. The van der Waals surface area contributed by atoms with Gasteiger partial charge in [0.15, 0.2) is 0 Å². The number of nitrogens with one attached hydrogen (secondary N) is 2. The topological polar surface area (TPSA) is 95.6 Å². The fourth-order valence-corrected chi connectivity index (χ4v) is 5.29. The third-order valence-corrected chi connectivity index (χ3v) is 7.46. The SMILES string of the molecule is CCC(=O)Nc1ccc(S(=O)(=O)N2CCC[C@@](C)(C(=O)NCc3ccccc3)C2)cc1. The summed E-state index contributed by atoms with van der Waals surface area (Å²) in [6.07, 6.45) is 1.58. The molecule has 0 radical (unpaired) electrons. The molecule has 2 aromatic carbocycles. The first-order chi connectivity index (χ1) is 14.7. The summed E-state index contributed by atoms with van der Waals surface area (Å²) < 4.78 is 27.7. The second kappa shape index (κ2) is 9.62. The van der Waals surface area contributed by atoms with Crippen molar-refractivity contribution in [2.75, 3.05) is 18.4 Å². The van der Waals surface area contributed by atoms with Crippen LogP contribution in [-0.4, -0.2) is 37.6 Å². The van der Waals surface area contributed by atoms with E-state index in [2.05, 4.69) is 10.6 Å².